The highest BCUT2D eigenvalue weighted by atomic mass is 79.9. The van der Waals surface area contributed by atoms with E-state index in [1.807, 2.05) is 36.4 Å². The Bertz CT molecular complexity index is 932. The van der Waals surface area contributed by atoms with Gasteiger partial charge in [-0.1, -0.05) is 52.3 Å². The molecule has 6 heteroatoms. The second kappa shape index (κ2) is 9.99. The minimum absolute atomic E-state index is 0.142. The number of hydrogen-bond acceptors (Lipinski definition) is 3. The number of hydrogen-bond donors (Lipinski definition) is 1. The van der Waals surface area contributed by atoms with E-state index in [2.05, 4.69) is 26.2 Å². The fourth-order valence-corrected chi connectivity index (χ4v) is 2.85. The van der Waals surface area contributed by atoms with Crippen molar-refractivity contribution in [1.82, 2.24) is 10.3 Å². The van der Waals surface area contributed by atoms with E-state index in [1.54, 1.807) is 24.4 Å². The molecule has 0 spiro atoms. The number of aromatic nitrogens is 1. The van der Waals surface area contributed by atoms with Crippen molar-refractivity contribution < 1.29 is 13.9 Å². The Hall–Kier alpha value is -2.73. The first-order valence-corrected chi connectivity index (χ1v) is 10.0. The molecule has 3 rings (SSSR count). The summed E-state index contributed by atoms with van der Waals surface area (Å²) in [6.07, 6.45) is 1.88. The first-order chi connectivity index (χ1) is 13.7. The topological polar surface area (TPSA) is 51.2 Å². The summed E-state index contributed by atoms with van der Waals surface area (Å²) >= 11 is 3.34. The first kappa shape index (κ1) is 20.0. The average molecular weight is 443 g/mol. The minimum atomic E-state index is -0.326. The maximum Gasteiger partial charge on any atom is 0.226 e. The van der Waals surface area contributed by atoms with Crippen LogP contribution < -0.4 is 10.1 Å². The molecule has 0 aliphatic carbocycles. The van der Waals surface area contributed by atoms with Crippen molar-refractivity contribution in [2.24, 2.45) is 0 Å². The monoisotopic (exact) mass is 442 g/mol. The van der Waals surface area contributed by atoms with Gasteiger partial charge < -0.3 is 10.1 Å². The molecule has 144 valence electrons. The van der Waals surface area contributed by atoms with Gasteiger partial charge >= 0.3 is 0 Å². The van der Waals surface area contributed by atoms with Gasteiger partial charge in [0.1, 0.15) is 11.6 Å². The quantitative estimate of drug-likeness (QED) is 0.521. The minimum Gasteiger partial charge on any atom is -0.493 e. The van der Waals surface area contributed by atoms with Crippen molar-refractivity contribution in [1.29, 1.82) is 0 Å². The van der Waals surface area contributed by atoms with Crippen molar-refractivity contribution in [3.63, 3.8) is 0 Å². The van der Waals surface area contributed by atoms with Crippen LogP contribution in [0.1, 0.15) is 11.3 Å². The summed E-state index contributed by atoms with van der Waals surface area (Å²) in [6, 6.07) is 17.9. The van der Waals surface area contributed by atoms with Crippen molar-refractivity contribution in [2.45, 2.75) is 13.0 Å². The lowest BCUT2D eigenvalue weighted by Gasteiger charge is -2.08. The molecule has 0 atom stereocenters. The third-order valence-corrected chi connectivity index (χ3v) is 4.44. The smallest absolute Gasteiger partial charge is 0.226 e. The molecular weight excluding hydrogens is 423 g/mol. The highest BCUT2D eigenvalue weighted by Crippen LogP contribution is 2.23. The van der Waals surface area contributed by atoms with E-state index in [-0.39, 0.29) is 24.7 Å². The number of rotatable bonds is 8. The molecule has 1 N–H and O–H groups in total. The number of nitrogens with zero attached hydrogens (tertiary/aromatic N) is 1. The second-order valence-electron chi connectivity index (χ2n) is 6.15. The van der Waals surface area contributed by atoms with E-state index in [0.29, 0.717) is 17.9 Å². The predicted molar refractivity (Wildman–Crippen MR) is 111 cm³/mol. The summed E-state index contributed by atoms with van der Waals surface area (Å²) in [6.45, 7) is 0.757. The highest BCUT2D eigenvalue weighted by Gasteiger charge is 2.08. The van der Waals surface area contributed by atoms with E-state index < -0.39 is 0 Å². The van der Waals surface area contributed by atoms with E-state index in [1.165, 1.54) is 6.07 Å². The number of pyridine rings is 1. The zero-order chi connectivity index (χ0) is 19.8. The Labute approximate surface area is 171 Å². The first-order valence-electron chi connectivity index (χ1n) is 8.90. The van der Waals surface area contributed by atoms with Crippen LogP contribution in [0, 0.1) is 5.82 Å². The molecule has 0 radical (unpaired) electrons. The van der Waals surface area contributed by atoms with E-state index >= 15 is 0 Å². The third kappa shape index (κ3) is 5.63. The molecule has 0 bridgehead atoms. The Kier molecular flexibility index (Phi) is 7.14. The Balaban J connectivity index is 1.58. The largest absolute Gasteiger partial charge is 0.493 e. The lowest BCUT2D eigenvalue weighted by Crippen LogP contribution is -2.25. The van der Waals surface area contributed by atoms with Crippen molar-refractivity contribution in [3.05, 3.63) is 83.9 Å². The zero-order valence-electron chi connectivity index (χ0n) is 15.2. The van der Waals surface area contributed by atoms with Gasteiger partial charge in [0.05, 0.1) is 13.0 Å². The van der Waals surface area contributed by atoms with Crippen LogP contribution >= 0.6 is 15.9 Å². The van der Waals surface area contributed by atoms with Gasteiger partial charge in [-0.3, -0.25) is 9.78 Å². The maximum atomic E-state index is 13.6. The molecule has 0 saturated carbocycles. The molecule has 3 aromatic rings. The van der Waals surface area contributed by atoms with Gasteiger partial charge in [-0.15, -0.1) is 0 Å². The van der Waals surface area contributed by atoms with E-state index in [0.717, 1.165) is 22.2 Å². The Morgan fingerprint density at radius 3 is 2.68 bits per heavy atom. The summed E-state index contributed by atoms with van der Waals surface area (Å²) in [4.78, 5) is 16.5. The third-order valence-electron chi connectivity index (χ3n) is 4.11. The van der Waals surface area contributed by atoms with E-state index in [9.17, 15) is 9.18 Å². The number of nitrogens with one attached hydrogen (secondary N) is 1. The number of benzene rings is 2. The normalized spacial score (nSPS) is 10.5. The van der Waals surface area contributed by atoms with E-state index in [4.69, 9.17) is 4.74 Å². The molecule has 1 heterocycles. The average Bonchev–Trinajstić information content (AvgIpc) is 2.72. The summed E-state index contributed by atoms with van der Waals surface area (Å²) in [5.41, 5.74) is 3.05. The molecular formula is C22H20BrFN2O2. The van der Waals surface area contributed by atoms with Gasteiger partial charge in [-0.05, 0) is 29.8 Å². The van der Waals surface area contributed by atoms with Gasteiger partial charge in [0.2, 0.25) is 5.91 Å². The SMILES string of the molecule is O=C(Cc1ccc(-c2cccc(OCCBr)c2)cn1)NCc1ccccc1F. The molecule has 0 fully saturated rings. The van der Waals surface area contributed by atoms with Crippen LogP contribution in [0.5, 0.6) is 5.75 Å². The highest BCUT2D eigenvalue weighted by molar-refractivity contribution is 9.09. The number of ether oxygens (including phenoxy) is 1. The molecule has 28 heavy (non-hydrogen) atoms. The fourth-order valence-electron chi connectivity index (χ4n) is 2.68. The van der Waals surface area contributed by atoms with Gasteiger partial charge in [0, 0.05) is 34.9 Å². The zero-order valence-corrected chi connectivity index (χ0v) is 16.8. The van der Waals surface area contributed by atoms with Crippen LogP contribution in [-0.4, -0.2) is 22.8 Å². The van der Waals surface area contributed by atoms with Crippen LogP contribution in [0.3, 0.4) is 0 Å². The molecule has 1 amide bonds. The van der Waals surface area contributed by atoms with Crippen molar-refractivity contribution in [2.75, 3.05) is 11.9 Å². The Morgan fingerprint density at radius 2 is 1.93 bits per heavy atom. The van der Waals surface area contributed by atoms with Crippen LogP contribution in [0.25, 0.3) is 11.1 Å². The predicted octanol–water partition coefficient (Wildman–Crippen LogP) is 4.52. The molecule has 4 nitrogen and oxygen atoms in total. The van der Waals surface area contributed by atoms with Crippen LogP contribution in [-0.2, 0) is 17.8 Å². The van der Waals surface area contributed by atoms with Gasteiger partial charge in [-0.2, -0.15) is 0 Å². The van der Waals surface area contributed by atoms with Gasteiger partial charge in [-0.25, -0.2) is 4.39 Å². The van der Waals surface area contributed by atoms with Crippen molar-refractivity contribution in [3.8, 4) is 16.9 Å². The summed E-state index contributed by atoms with van der Waals surface area (Å²) in [7, 11) is 0. The molecule has 0 saturated heterocycles. The molecule has 0 aliphatic rings. The van der Waals surface area contributed by atoms with Crippen LogP contribution in [0.2, 0.25) is 0 Å². The van der Waals surface area contributed by atoms with Gasteiger partial charge in [0.25, 0.3) is 0 Å². The van der Waals surface area contributed by atoms with Crippen molar-refractivity contribution >= 4 is 21.8 Å². The lowest BCUT2D eigenvalue weighted by atomic mass is 10.1. The standard InChI is InChI=1S/C22H20BrFN2O2/c23-10-11-28-20-6-3-5-16(12-20)17-8-9-19(25-14-17)13-22(27)26-15-18-4-1-2-7-21(18)24/h1-9,12,14H,10-11,13,15H2,(H,26,27). The number of alkyl halides is 1. The van der Waals surface area contributed by atoms with Crippen LogP contribution in [0.15, 0.2) is 66.9 Å². The maximum absolute atomic E-state index is 13.6. The molecule has 0 unspecified atom stereocenters. The molecule has 2 aromatic carbocycles. The summed E-state index contributed by atoms with van der Waals surface area (Å²) < 4.78 is 19.2. The molecule has 0 aliphatic heterocycles. The fraction of sp³-hybridized carbons (Fsp3) is 0.182. The number of carbonyl (C=O) groups is 1. The summed E-state index contributed by atoms with van der Waals surface area (Å²) in [5.74, 6) is 0.273. The number of halogens is 2. The lowest BCUT2D eigenvalue weighted by molar-refractivity contribution is -0.120. The van der Waals surface area contributed by atoms with Gasteiger partial charge in [0.15, 0.2) is 0 Å². The summed E-state index contributed by atoms with van der Waals surface area (Å²) in [5, 5.41) is 3.49. The second-order valence-corrected chi connectivity index (χ2v) is 6.94. The van der Waals surface area contributed by atoms with Crippen LogP contribution in [0.4, 0.5) is 4.39 Å². The number of carbonyl (C=O) groups excluding carboxylic acids is 1. The molecule has 1 aromatic heterocycles. The Morgan fingerprint density at radius 1 is 1.07 bits per heavy atom. The number of amides is 1.